The molecule has 4 aromatic rings. The number of ether oxygens (including phenoxy) is 1. The molecular formula is C30H32F3N5O2. The lowest BCUT2D eigenvalue weighted by Crippen LogP contribution is -2.55. The number of nitrogens with one attached hydrogen (secondary N) is 2. The van der Waals surface area contributed by atoms with Gasteiger partial charge < -0.3 is 19.6 Å². The molecule has 1 saturated heterocycles. The third-order valence-electron chi connectivity index (χ3n) is 8.35. The summed E-state index contributed by atoms with van der Waals surface area (Å²) >= 11 is 0. The molecule has 0 aliphatic carbocycles. The highest BCUT2D eigenvalue weighted by atomic mass is 19.4. The van der Waals surface area contributed by atoms with Gasteiger partial charge in [0.25, 0.3) is 0 Å². The lowest BCUT2D eigenvalue weighted by Gasteiger charge is -2.50. The molecule has 210 valence electrons. The number of methoxy groups -OCH3 is 1. The van der Waals surface area contributed by atoms with Gasteiger partial charge in [-0.1, -0.05) is 30.3 Å². The predicted octanol–water partition coefficient (Wildman–Crippen LogP) is 5.41. The van der Waals surface area contributed by atoms with E-state index in [1.165, 1.54) is 7.11 Å². The van der Waals surface area contributed by atoms with Crippen LogP contribution in [0.1, 0.15) is 53.7 Å². The van der Waals surface area contributed by atoms with Gasteiger partial charge in [0, 0.05) is 54.0 Å². The molecule has 40 heavy (non-hydrogen) atoms. The molecule has 4 heterocycles. The van der Waals surface area contributed by atoms with Gasteiger partial charge in [-0.05, 0) is 55.1 Å². The second-order valence-electron chi connectivity index (χ2n) is 10.7. The van der Waals surface area contributed by atoms with E-state index in [-0.39, 0.29) is 24.1 Å². The van der Waals surface area contributed by atoms with Gasteiger partial charge in [-0.15, -0.1) is 0 Å². The number of H-pyrrole nitrogens is 1. The van der Waals surface area contributed by atoms with Gasteiger partial charge in [0.1, 0.15) is 6.04 Å². The van der Waals surface area contributed by atoms with Crippen LogP contribution in [-0.2, 0) is 28.7 Å². The lowest BCUT2D eigenvalue weighted by molar-refractivity contribution is -0.152. The molecule has 2 aromatic heterocycles. The minimum absolute atomic E-state index is 0.104. The van der Waals surface area contributed by atoms with Gasteiger partial charge in [-0.25, -0.2) is 4.98 Å². The molecule has 6 rings (SSSR count). The van der Waals surface area contributed by atoms with E-state index in [1.54, 1.807) is 24.7 Å². The summed E-state index contributed by atoms with van der Waals surface area (Å²) in [6.07, 6.45) is 3.89. The molecule has 1 fully saturated rings. The maximum absolute atomic E-state index is 13.4. The highest BCUT2D eigenvalue weighted by Crippen LogP contribution is 2.49. The van der Waals surface area contributed by atoms with E-state index in [0.29, 0.717) is 12.8 Å². The molecule has 2 aromatic carbocycles. The van der Waals surface area contributed by atoms with E-state index >= 15 is 0 Å². The van der Waals surface area contributed by atoms with Crippen LogP contribution in [-0.4, -0.2) is 51.1 Å². The van der Waals surface area contributed by atoms with Gasteiger partial charge in [0.05, 0.1) is 25.0 Å². The van der Waals surface area contributed by atoms with Crippen molar-refractivity contribution in [1.82, 2.24) is 24.8 Å². The zero-order chi connectivity index (χ0) is 27.9. The number of carbonyl (C=O) groups excluding carboxylic acids is 1. The molecule has 10 heteroatoms. The van der Waals surface area contributed by atoms with Crippen molar-refractivity contribution in [3.05, 3.63) is 89.6 Å². The Bertz CT molecular complexity index is 1470. The number of esters is 1. The number of hydrogen-bond acceptors (Lipinski definition) is 5. The Hall–Kier alpha value is -3.63. The summed E-state index contributed by atoms with van der Waals surface area (Å²) in [5, 5.41) is 4.79. The van der Waals surface area contributed by atoms with E-state index in [9.17, 15) is 18.0 Å². The van der Waals surface area contributed by atoms with Crippen LogP contribution in [0.3, 0.4) is 0 Å². The fraction of sp³-hybridized carbons (Fsp3) is 0.400. The smallest absolute Gasteiger partial charge is 0.416 e. The monoisotopic (exact) mass is 551 g/mol. The second kappa shape index (κ2) is 10.7. The van der Waals surface area contributed by atoms with Crippen molar-refractivity contribution in [1.29, 1.82) is 0 Å². The van der Waals surface area contributed by atoms with Crippen LogP contribution in [0, 0.1) is 0 Å². The first-order valence-corrected chi connectivity index (χ1v) is 13.6. The average Bonchev–Trinajstić information content (AvgIpc) is 3.62. The van der Waals surface area contributed by atoms with Crippen LogP contribution >= 0.6 is 0 Å². The number of piperidine rings is 1. The van der Waals surface area contributed by atoms with Crippen molar-refractivity contribution in [3.8, 4) is 0 Å². The molecule has 0 spiro atoms. The summed E-state index contributed by atoms with van der Waals surface area (Å²) in [6.45, 7) is 1.63. The van der Waals surface area contributed by atoms with Crippen LogP contribution in [0.15, 0.2) is 67.3 Å². The van der Waals surface area contributed by atoms with Gasteiger partial charge in [0.15, 0.2) is 0 Å². The number of aryl methyl sites for hydroxylation is 1. The summed E-state index contributed by atoms with van der Waals surface area (Å²) in [7, 11) is 1.39. The number of nitrogens with zero attached hydrogens (tertiary/aromatic N) is 3. The normalized spacial score (nSPS) is 23.1. The third-order valence-corrected chi connectivity index (χ3v) is 8.35. The molecule has 2 aliphatic heterocycles. The number of rotatable bonds is 7. The first kappa shape index (κ1) is 26.6. The summed E-state index contributed by atoms with van der Waals surface area (Å²) in [6, 6.07) is 12.6. The number of fused-ring (bicyclic) bond motifs is 5. The number of imidazole rings is 1. The zero-order valence-electron chi connectivity index (χ0n) is 22.2. The van der Waals surface area contributed by atoms with E-state index in [1.807, 2.05) is 29.0 Å². The number of aromatic nitrogens is 3. The van der Waals surface area contributed by atoms with Crippen molar-refractivity contribution < 1.29 is 22.7 Å². The van der Waals surface area contributed by atoms with Gasteiger partial charge in [0.2, 0.25) is 0 Å². The molecule has 0 amide bonds. The van der Waals surface area contributed by atoms with Crippen molar-refractivity contribution in [2.75, 3.05) is 13.7 Å². The number of para-hydroxylation sites is 1. The molecule has 0 saturated carbocycles. The Kier molecular flexibility index (Phi) is 7.14. The standard InChI is InChI=1S/C30H32F3N5O2/c1-40-29(39)27-17-23-22-5-2-3-6-24(22)36-28(23)26-16-21(35-11-4-13-37-14-12-34-18-37)15-25(38(26)27)19-7-9-20(10-8-19)30(31,32)33/h2-3,5-10,12,14,18,21,25-27,35-36H,4,11,13,15-17H2,1H3/t21-,25-,26+,27-/m0/s1. The maximum Gasteiger partial charge on any atom is 0.416 e. The highest BCUT2D eigenvalue weighted by Gasteiger charge is 2.48. The molecule has 2 aliphatic rings. The van der Waals surface area contributed by atoms with Gasteiger partial charge >= 0.3 is 12.1 Å². The van der Waals surface area contributed by atoms with E-state index in [4.69, 9.17) is 4.74 Å². The van der Waals surface area contributed by atoms with Gasteiger partial charge in [-0.3, -0.25) is 9.69 Å². The van der Waals surface area contributed by atoms with Crippen molar-refractivity contribution >= 4 is 16.9 Å². The van der Waals surface area contributed by atoms with E-state index in [0.717, 1.165) is 65.8 Å². The second-order valence-corrected chi connectivity index (χ2v) is 10.7. The molecule has 2 N–H and O–H groups in total. The van der Waals surface area contributed by atoms with E-state index in [2.05, 4.69) is 26.3 Å². The predicted molar refractivity (Wildman–Crippen MR) is 144 cm³/mol. The highest BCUT2D eigenvalue weighted by molar-refractivity contribution is 5.87. The van der Waals surface area contributed by atoms with Gasteiger partial charge in [-0.2, -0.15) is 13.2 Å². The van der Waals surface area contributed by atoms with Crippen LogP contribution < -0.4 is 5.32 Å². The first-order chi connectivity index (χ1) is 19.3. The minimum atomic E-state index is -4.41. The summed E-state index contributed by atoms with van der Waals surface area (Å²) in [5.41, 5.74) is 3.28. The largest absolute Gasteiger partial charge is 0.468 e. The minimum Gasteiger partial charge on any atom is -0.468 e. The molecule has 4 atom stereocenters. The number of benzene rings is 2. The molecule has 0 unspecified atom stereocenters. The number of halogens is 3. The Morgan fingerprint density at radius 3 is 2.62 bits per heavy atom. The zero-order valence-corrected chi connectivity index (χ0v) is 22.2. The van der Waals surface area contributed by atoms with Crippen molar-refractivity contribution in [2.45, 2.75) is 62.6 Å². The van der Waals surface area contributed by atoms with Crippen LogP contribution in [0.4, 0.5) is 13.2 Å². The molecular weight excluding hydrogens is 519 g/mol. The Morgan fingerprint density at radius 2 is 1.90 bits per heavy atom. The lowest BCUT2D eigenvalue weighted by atomic mass is 9.79. The number of aromatic amines is 1. The molecule has 7 nitrogen and oxygen atoms in total. The SMILES string of the molecule is COC(=O)[C@@H]1Cc2c([nH]c3ccccc23)[C@H]2C[C@@H](NCCCn3ccnc3)C[C@@H](c3ccc(C(F)(F)F)cc3)N21. The summed E-state index contributed by atoms with van der Waals surface area (Å²) < 4.78 is 47.4. The Balaban J connectivity index is 1.35. The van der Waals surface area contributed by atoms with Crippen LogP contribution in [0.2, 0.25) is 0 Å². The molecule has 0 bridgehead atoms. The first-order valence-electron chi connectivity index (χ1n) is 13.6. The number of alkyl halides is 3. The van der Waals surface area contributed by atoms with Crippen molar-refractivity contribution in [2.24, 2.45) is 0 Å². The van der Waals surface area contributed by atoms with Crippen LogP contribution in [0.25, 0.3) is 10.9 Å². The van der Waals surface area contributed by atoms with E-state index < -0.39 is 17.8 Å². The Morgan fingerprint density at radius 1 is 1.12 bits per heavy atom. The van der Waals surface area contributed by atoms with Crippen LogP contribution in [0.5, 0.6) is 0 Å². The average molecular weight is 552 g/mol. The quantitative estimate of drug-likeness (QED) is 0.237. The fourth-order valence-electron chi connectivity index (χ4n) is 6.52. The summed E-state index contributed by atoms with van der Waals surface area (Å²) in [5.74, 6) is -0.329. The number of hydrogen-bond donors (Lipinski definition) is 2. The summed E-state index contributed by atoms with van der Waals surface area (Å²) in [4.78, 5) is 23.1. The molecule has 0 radical (unpaired) electrons. The fourth-order valence-corrected chi connectivity index (χ4v) is 6.52. The topological polar surface area (TPSA) is 75.2 Å². The Labute approximate surface area is 230 Å². The van der Waals surface area contributed by atoms with Crippen molar-refractivity contribution in [3.63, 3.8) is 0 Å². The third kappa shape index (κ3) is 5.01. The number of carbonyl (C=O) groups is 1. The maximum atomic E-state index is 13.4.